The van der Waals surface area contributed by atoms with Gasteiger partial charge in [0.05, 0.1) is 24.1 Å². The van der Waals surface area contributed by atoms with Gasteiger partial charge in [-0.05, 0) is 24.6 Å². The van der Waals surface area contributed by atoms with E-state index in [1.54, 1.807) is 25.1 Å². The summed E-state index contributed by atoms with van der Waals surface area (Å²) in [4.78, 5) is 30.8. The number of rotatable bonds is 6. The van der Waals surface area contributed by atoms with Crippen LogP contribution in [0.4, 0.5) is 0 Å². The molecule has 8 nitrogen and oxygen atoms in total. The van der Waals surface area contributed by atoms with Gasteiger partial charge in [0.2, 0.25) is 11.8 Å². The van der Waals surface area contributed by atoms with E-state index in [2.05, 4.69) is 20.4 Å². The minimum Gasteiger partial charge on any atom is -0.495 e. The Morgan fingerprint density at radius 1 is 1.38 bits per heavy atom. The molecule has 1 aromatic carbocycles. The third kappa shape index (κ3) is 4.02. The number of amides is 1. The van der Waals surface area contributed by atoms with Gasteiger partial charge in [0.25, 0.3) is 5.56 Å². The number of hydrogen-bond acceptors (Lipinski definition) is 6. The van der Waals surface area contributed by atoms with Crippen molar-refractivity contribution in [2.75, 3.05) is 13.7 Å². The van der Waals surface area contributed by atoms with Crippen molar-refractivity contribution in [1.29, 1.82) is 0 Å². The molecule has 0 aliphatic heterocycles. The maximum atomic E-state index is 12.2. The molecule has 2 N–H and O–H groups in total. The number of nitrogens with zero attached hydrogens (tertiary/aromatic N) is 2. The molecular formula is C17H17ClN4O4. The summed E-state index contributed by atoms with van der Waals surface area (Å²) in [6, 6.07) is 5.17. The standard InChI is InChI=1S/C17H17ClN4O4/c1-9-20-15(22-26-9)8-16(23)19-4-3-10-5-11-6-14(25-2)12(18)7-13(11)21-17(10)24/h5-7H,3-4,8H2,1-2H3,(H,19,23)(H,21,24). The van der Waals surface area contributed by atoms with Gasteiger partial charge in [0, 0.05) is 24.4 Å². The third-order valence-corrected chi connectivity index (χ3v) is 4.09. The predicted octanol–water partition coefficient (Wildman–Crippen LogP) is 1.78. The molecule has 0 atom stereocenters. The van der Waals surface area contributed by atoms with Crippen molar-refractivity contribution < 1.29 is 14.1 Å². The minimum absolute atomic E-state index is 0.0289. The highest BCUT2D eigenvalue weighted by Crippen LogP contribution is 2.28. The molecule has 0 unspecified atom stereocenters. The summed E-state index contributed by atoms with van der Waals surface area (Å²) in [6.45, 7) is 1.97. The minimum atomic E-state index is -0.239. The van der Waals surface area contributed by atoms with Crippen LogP contribution >= 0.6 is 11.6 Å². The van der Waals surface area contributed by atoms with Crippen LogP contribution in [0.25, 0.3) is 10.9 Å². The van der Waals surface area contributed by atoms with Crippen molar-refractivity contribution >= 4 is 28.4 Å². The maximum Gasteiger partial charge on any atom is 0.251 e. The Morgan fingerprint density at radius 2 is 2.19 bits per heavy atom. The van der Waals surface area contributed by atoms with Crippen molar-refractivity contribution in [2.24, 2.45) is 0 Å². The smallest absolute Gasteiger partial charge is 0.251 e. The van der Waals surface area contributed by atoms with Crippen molar-refractivity contribution in [3.63, 3.8) is 0 Å². The number of ether oxygens (including phenoxy) is 1. The molecule has 9 heteroatoms. The van der Waals surface area contributed by atoms with Crippen LogP contribution in [-0.4, -0.2) is 34.7 Å². The number of nitrogens with one attached hydrogen (secondary N) is 2. The molecule has 0 aliphatic carbocycles. The van der Waals surface area contributed by atoms with Gasteiger partial charge in [-0.3, -0.25) is 9.59 Å². The molecule has 2 aromatic heterocycles. The zero-order valence-electron chi connectivity index (χ0n) is 14.3. The van der Waals surface area contributed by atoms with Crippen LogP contribution in [0.1, 0.15) is 17.3 Å². The lowest BCUT2D eigenvalue weighted by atomic mass is 10.1. The van der Waals surface area contributed by atoms with E-state index < -0.39 is 0 Å². The Bertz CT molecular complexity index is 1010. The number of aromatic amines is 1. The molecular weight excluding hydrogens is 360 g/mol. The summed E-state index contributed by atoms with van der Waals surface area (Å²) in [7, 11) is 1.53. The van der Waals surface area contributed by atoms with Gasteiger partial charge in [0.15, 0.2) is 5.82 Å². The molecule has 0 aliphatic rings. The number of halogens is 1. The number of fused-ring (bicyclic) bond motifs is 1. The van der Waals surface area contributed by atoms with E-state index in [0.717, 1.165) is 5.39 Å². The molecule has 0 radical (unpaired) electrons. The molecule has 0 fully saturated rings. The molecule has 1 amide bonds. The van der Waals surface area contributed by atoms with Crippen molar-refractivity contribution in [2.45, 2.75) is 19.8 Å². The van der Waals surface area contributed by atoms with Crippen molar-refractivity contribution in [3.8, 4) is 5.75 Å². The quantitative estimate of drug-likeness (QED) is 0.678. The zero-order chi connectivity index (χ0) is 18.7. The average Bonchev–Trinajstić information content (AvgIpc) is 3.00. The highest BCUT2D eigenvalue weighted by atomic mass is 35.5. The fourth-order valence-corrected chi connectivity index (χ4v) is 2.79. The second kappa shape index (κ2) is 7.57. The number of benzene rings is 1. The molecule has 136 valence electrons. The molecule has 0 spiro atoms. The normalized spacial score (nSPS) is 10.9. The van der Waals surface area contributed by atoms with Gasteiger partial charge in [0.1, 0.15) is 5.75 Å². The lowest BCUT2D eigenvalue weighted by Crippen LogP contribution is -2.29. The van der Waals surface area contributed by atoms with Gasteiger partial charge in [-0.1, -0.05) is 16.8 Å². The third-order valence-electron chi connectivity index (χ3n) is 3.80. The Morgan fingerprint density at radius 3 is 2.88 bits per heavy atom. The van der Waals surface area contributed by atoms with Crippen LogP contribution in [0.2, 0.25) is 5.02 Å². The summed E-state index contributed by atoms with van der Waals surface area (Å²) in [6.07, 6.45) is 0.411. The van der Waals surface area contributed by atoms with Gasteiger partial charge >= 0.3 is 0 Å². The monoisotopic (exact) mass is 376 g/mol. The second-order valence-electron chi connectivity index (χ2n) is 5.70. The first-order chi connectivity index (χ1) is 12.5. The molecule has 26 heavy (non-hydrogen) atoms. The lowest BCUT2D eigenvalue weighted by Gasteiger charge is -2.08. The van der Waals surface area contributed by atoms with E-state index in [1.807, 2.05) is 0 Å². The molecule has 0 bridgehead atoms. The number of pyridine rings is 1. The zero-order valence-corrected chi connectivity index (χ0v) is 15.0. The first-order valence-corrected chi connectivity index (χ1v) is 8.29. The van der Waals surface area contributed by atoms with E-state index in [4.69, 9.17) is 20.9 Å². The van der Waals surface area contributed by atoms with E-state index in [1.165, 1.54) is 7.11 Å². The number of carbonyl (C=O) groups is 1. The fourth-order valence-electron chi connectivity index (χ4n) is 2.55. The summed E-state index contributed by atoms with van der Waals surface area (Å²) in [5.41, 5.74) is 0.959. The van der Waals surface area contributed by atoms with Gasteiger partial charge in [-0.2, -0.15) is 4.98 Å². The summed E-state index contributed by atoms with van der Waals surface area (Å²) in [5.74, 6) is 1.02. The first-order valence-electron chi connectivity index (χ1n) is 7.91. The Hall–Kier alpha value is -2.87. The van der Waals surface area contributed by atoms with Crippen LogP contribution in [-0.2, 0) is 17.6 Å². The van der Waals surface area contributed by atoms with Crippen LogP contribution in [0, 0.1) is 6.92 Å². The number of H-pyrrole nitrogens is 1. The summed E-state index contributed by atoms with van der Waals surface area (Å²) >= 11 is 6.07. The van der Waals surface area contributed by atoms with Crippen LogP contribution in [0.15, 0.2) is 27.5 Å². The molecule has 0 saturated carbocycles. The number of hydrogen-bond donors (Lipinski definition) is 2. The second-order valence-corrected chi connectivity index (χ2v) is 6.11. The van der Waals surface area contributed by atoms with Gasteiger partial charge in [-0.25, -0.2) is 0 Å². The van der Waals surface area contributed by atoms with Crippen LogP contribution < -0.4 is 15.6 Å². The van der Waals surface area contributed by atoms with Gasteiger partial charge in [-0.15, -0.1) is 0 Å². The average molecular weight is 377 g/mol. The Labute approximate surface area is 153 Å². The topological polar surface area (TPSA) is 110 Å². The van der Waals surface area contributed by atoms with E-state index >= 15 is 0 Å². The summed E-state index contributed by atoms with van der Waals surface area (Å²) in [5, 5.41) is 7.63. The number of aryl methyl sites for hydroxylation is 1. The highest BCUT2D eigenvalue weighted by Gasteiger charge is 2.10. The Kier molecular flexibility index (Phi) is 5.22. The van der Waals surface area contributed by atoms with E-state index in [9.17, 15) is 9.59 Å². The molecule has 3 rings (SSSR count). The predicted molar refractivity (Wildman–Crippen MR) is 95.6 cm³/mol. The molecule has 2 heterocycles. The number of carbonyl (C=O) groups excluding carboxylic acids is 1. The first kappa shape index (κ1) is 17.9. The molecule has 0 saturated heterocycles. The van der Waals surface area contributed by atoms with Crippen molar-refractivity contribution in [1.82, 2.24) is 20.4 Å². The lowest BCUT2D eigenvalue weighted by molar-refractivity contribution is -0.120. The highest BCUT2D eigenvalue weighted by molar-refractivity contribution is 6.32. The number of aromatic nitrogens is 3. The number of methoxy groups -OCH3 is 1. The largest absolute Gasteiger partial charge is 0.495 e. The van der Waals surface area contributed by atoms with Crippen LogP contribution in [0.3, 0.4) is 0 Å². The maximum absolute atomic E-state index is 12.2. The van der Waals surface area contributed by atoms with Gasteiger partial charge < -0.3 is 19.6 Å². The fraction of sp³-hybridized carbons (Fsp3) is 0.294. The van der Waals surface area contributed by atoms with E-state index in [0.29, 0.717) is 46.5 Å². The van der Waals surface area contributed by atoms with Crippen LogP contribution in [0.5, 0.6) is 5.75 Å². The summed E-state index contributed by atoms with van der Waals surface area (Å²) < 4.78 is 10.0. The molecule has 3 aromatic rings. The Balaban J connectivity index is 1.66. The SMILES string of the molecule is COc1cc2cc(CCNC(=O)Cc3noc(C)n3)c(=O)[nH]c2cc1Cl. The van der Waals surface area contributed by atoms with E-state index in [-0.39, 0.29) is 17.9 Å². The van der Waals surface area contributed by atoms with Crippen molar-refractivity contribution in [3.05, 3.63) is 50.9 Å².